The summed E-state index contributed by atoms with van der Waals surface area (Å²) in [6, 6.07) is 5.83. The van der Waals surface area contributed by atoms with Crippen LogP contribution in [-0.4, -0.2) is 25.4 Å². The van der Waals surface area contributed by atoms with Crippen LogP contribution >= 0.6 is 0 Å². The van der Waals surface area contributed by atoms with Gasteiger partial charge in [-0.1, -0.05) is 6.07 Å². The molecule has 0 aliphatic heterocycles. The maximum atomic E-state index is 14.1. The predicted molar refractivity (Wildman–Crippen MR) is 88.8 cm³/mol. The number of alkyl halides is 2. The standard InChI is InChI=1S/C15H13FN4O3.CH2F2/c1-8-4-5-10(6-9(8)2)19-12(21)7-11(16)20-13(19)17-14(22)18(3)15(20)23;2-1-3/h4-7H,1-3H3;1H2. The van der Waals surface area contributed by atoms with Gasteiger partial charge in [0.2, 0.25) is 18.7 Å². The molecule has 1 aromatic carbocycles. The van der Waals surface area contributed by atoms with Crippen molar-refractivity contribution >= 4 is 5.78 Å². The number of halogens is 3. The minimum absolute atomic E-state index is 0.355. The molecular formula is C16H15F3N4O3. The fraction of sp³-hybridized carbons (Fsp3) is 0.250. The Labute approximate surface area is 144 Å². The first-order chi connectivity index (χ1) is 12.2. The van der Waals surface area contributed by atoms with E-state index >= 15 is 0 Å². The summed E-state index contributed by atoms with van der Waals surface area (Å²) in [6.07, 6.45) is 0. The number of hydrogen-bond acceptors (Lipinski definition) is 4. The largest absolute Gasteiger partial charge is 0.354 e. The minimum Gasteiger partial charge on any atom is -0.269 e. The van der Waals surface area contributed by atoms with Crippen LogP contribution in [0.15, 0.2) is 38.6 Å². The molecule has 0 aliphatic carbocycles. The number of fused-ring (bicyclic) bond motifs is 1. The number of hydrogen-bond donors (Lipinski definition) is 0. The third kappa shape index (κ3) is 3.30. The summed E-state index contributed by atoms with van der Waals surface area (Å²) >= 11 is 0. The first kappa shape index (κ1) is 19.2. The molecule has 26 heavy (non-hydrogen) atoms. The number of nitrogens with zero attached hydrogens (tertiary/aromatic N) is 4. The van der Waals surface area contributed by atoms with Crippen molar-refractivity contribution in [3.05, 3.63) is 72.7 Å². The monoisotopic (exact) mass is 368 g/mol. The Morgan fingerprint density at radius 1 is 1.04 bits per heavy atom. The second-order valence-corrected chi connectivity index (χ2v) is 5.38. The van der Waals surface area contributed by atoms with E-state index in [9.17, 15) is 27.6 Å². The molecule has 2 heterocycles. The van der Waals surface area contributed by atoms with Crippen molar-refractivity contribution in [1.82, 2.24) is 18.5 Å². The summed E-state index contributed by atoms with van der Waals surface area (Å²) in [7, 11) is 1.19. The van der Waals surface area contributed by atoms with Gasteiger partial charge in [0.05, 0.1) is 11.8 Å². The van der Waals surface area contributed by atoms with Crippen molar-refractivity contribution in [2.75, 3.05) is 6.93 Å². The molecule has 10 heteroatoms. The lowest BCUT2D eigenvalue weighted by Crippen LogP contribution is -2.41. The fourth-order valence-corrected chi connectivity index (χ4v) is 2.30. The van der Waals surface area contributed by atoms with E-state index < -0.39 is 29.8 Å². The van der Waals surface area contributed by atoms with Crippen molar-refractivity contribution in [1.29, 1.82) is 0 Å². The van der Waals surface area contributed by atoms with Gasteiger partial charge < -0.3 is 0 Å². The van der Waals surface area contributed by atoms with E-state index in [1.807, 2.05) is 13.8 Å². The Balaban J connectivity index is 0.000000758. The normalized spacial score (nSPS) is 10.5. The second kappa shape index (κ2) is 7.38. The van der Waals surface area contributed by atoms with Gasteiger partial charge in [-0.2, -0.15) is 9.37 Å². The van der Waals surface area contributed by atoms with Gasteiger partial charge in [0.1, 0.15) is 0 Å². The van der Waals surface area contributed by atoms with E-state index in [2.05, 4.69) is 4.98 Å². The number of aromatic nitrogens is 4. The highest BCUT2D eigenvalue weighted by Gasteiger charge is 2.16. The van der Waals surface area contributed by atoms with E-state index in [-0.39, 0.29) is 5.78 Å². The third-order valence-electron chi connectivity index (χ3n) is 3.79. The highest BCUT2D eigenvalue weighted by molar-refractivity contribution is 5.46. The van der Waals surface area contributed by atoms with Gasteiger partial charge in [-0.3, -0.25) is 4.79 Å². The van der Waals surface area contributed by atoms with Crippen LogP contribution in [0.5, 0.6) is 0 Å². The fourth-order valence-electron chi connectivity index (χ4n) is 2.30. The van der Waals surface area contributed by atoms with Crippen molar-refractivity contribution in [2.45, 2.75) is 13.8 Å². The maximum Gasteiger partial charge on any atom is 0.354 e. The van der Waals surface area contributed by atoms with Gasteiger partial charge in [0.25, 0.3) is 5.56 Å². The third-order valence-corrected chi connectivity index (χ3v) is 3.79. The quantitative estimate of drug-likeness (QED) is 0.605. The number of benzene rings is 1. The summed E-state index contributed by atoms with van der Waals surface area (Å²) in [5, 5.41) is 0. The number of aryl methyl sites for hydroxylation is 2. The summed E-state index contributed by atoms with van der Waals surface area (Å²) < 4.78 is 35.6. The van der Waals surface area contributed by atoms with Gasteiger partial charge >= 0.3 is 11.4 Å². The lowest BCUT2D eigenvalue weighted by Gasteiger charge is -2.12. The van der Waals surface area contributed by atoms with Crippen LogP contribution in [-0.2, 0) is 7.05 Å². The molecule has 7 nitrogen and oxygen atoms in total. The molecule has 0 fully saturated rings. The van der Waals surface area contributed by atoms with Gasteiger partial charge in [0.15, 0.2) is 0 Å². The zero-order valence-electron chi connectivity index (χ0n) is 14.2. The van der Waals surface area contributed by atoms with Crippen LogP contribution in [0.4, 0.5) is 13.2 Å². The molecule has 0 N–H and O–H groups in total. The topological polar surface area (TPSA) is 78.4 Å². The Bertz CT molecular complexity index is 1150. The lowest BCUT2D eigenvalue weighted by molar-refractivity contribution is 0.295. The smallest absolute Gasteiger partial charge is 0.269 e. The lowest BCUT2D eigenvalue weighted by atomic mass is 10.1. The average Bonchev–Trinajstić information content (AvgIpc) is 2.56. The summed E-state index contributed by atoms with van der Waals surface area (Å²) in [5.74, 6) is -1.43. The Morgan fingerprint density at radius 3 is 2.23 bits per heavy atom. The molecule has 138 valence electrons. The van der Waals surface area contributed by atoms with Gasteiger partial charge in [0, 0.05) is 7.05 Å². The molecular weight excluding hydrogens is 353 g/mol. The van der Waals surface area contributed by atoms with Crippen LogP contribution in [0.2, 0.25) is 0 Å². The average molecular weight is 368 g/mol. The zero-order valence-corrected chi connectivity index (χ0v) is 14.2. The van der Waals surface area contributed by atoms with Crippen molar-refractivity contribution in [2.24, 2.45) is 7.05 Å². The second-order valence-electron chi connectivity index (χ2n) is 5.38. The molecule has 0 radical (unpaired) electrons. The minimum atomic E-state index is -1.75. The van der Waals surface area contributed by atoms with Crippen LogP contribution in [0.1, 0.15) is 11.1 Å². The van der Waals surface area contributed by atoms with Crippen molar-refractivity contribution < 1.29 is 13.2 Å². The first-order valence-electron chi connectivity index (χ1n) is 7.33. The van der Waals surface area contributed by atoms with E-state index in [1.54, 1.807) is 18.2 Å². The van der Waals surface area contributed by atoms with Gasteiger partial charge in [-0.15, -0.1) is 0 Å². The zero-order chi connectivity index (χ0) is 19.6. The van der Waals surface area contributed by atoms with Gasteiger partial charge in [-0.05, 0) is 37.1 Å². The van der Waals surface area contributed by atoms with E-state index in [0.717, 1.165) is 15.7 Å². The molecule has 3 rings (SSSR count). The summed E-state index contributed by atoms with van der Waals surface area (Å²) in [6.45, 7) is 2.01. The Morgan fingerprint density at radius 2 is 1.65 bits per heavy atom. The van der Waals surface area contributed by atoms with Crippen molar-refractivity contribution in [3.8, 4) is 5.69 Å². The summed E-state index contributed by atoms with van der Waals surface area (Å²) in [4.78, 5) is 39.8. The number of rotatable bonds is 1. The molecule has 0 unspecified atom stereocenters. The SMILES string of the molecule is Cc1ccc(-n2c(=O)cc(F)n3c(=O)n(C)c(=O)nc23)cc1C.FCF. The highest BCUT2D eigenvalue weighted by Crippen LogP contribution is 2.14. The molecule has 0 aliphatic rings. The molecule has 0 bridgehead atoms. The van der Waals surface area contributed by atoms with Crippen LogP contribution in [0.25, 0.3) is 11.5 Å². The van der Waals surface area contributed by atoms with E-state index in [0.29, 0.717) is 20.7 Å². The van der Waals surface area contributed by atoms with Crippen LogP contribution < -0.4 is 16.9 Å². The van der Waals surface area contributed by atoms with E-state index in [1.165, 1.54) is 7.05 Å². The first-order valence-corrected chi connectivity index (χ1v) is 7.33. The molecule has 0 saturated carbocycles. The van der Waals surface area contributed by atoms with Crippen LogP contribution in [0.3, 0.4) is 0 Å². The Hall–Kier alpha value is -3.17. The van der Waals surface area contributed by atoms with E-state index in [4.69, 9.17) is 0 Å². The molecule has 0 amide bonds. The predicted octanol–water partition coefficient (Wildman–Crippen LogP) is 1.18. The Kier molecular flexibility index (Phi) is 5.44. The molecule has 0 spiro atoms. The van der Waals surface area contributed by atoms with Gasteiger partial charge in [-0.25, -0.2) is 31.9 Å². The van der Waals surface area contributed by atoms with Crippen LogP contribution in [0, 0.1) is 19.8 Å². The molecule has 0 saturated heterocycles. The summed E-state index contributed by atoms with van der Waals surface area (Å²) in [5.41, 5.74) is -0.174. The highest BCUT2D eigenvalue weighted by atomic mass is 19.3. The molecule has 3 aromatic rings. The molecule has 2 aromatic heterocycles. The molecule has 0 atom stereocenters. The maximum absolute atomic E-state index is 14.1. The van der Waals surface area contributed by atoms with Crippen molar-refractivity contribution in [3.63, 3.8) is 0 Å².